The average Bonchev–Trinajstić information content (AvgIpc) is 2.79. The fourth-order valence-electron chi connectivity index (χ4n) is 4.05. The third kappa shape index (κ3) is 5.57. The Labute approximate surface area is 188 Å². The predicted molar refractivity (Wildman–Crippen MR) is 122 cm³/mol. The first-order chi connectivity index (χ1) is 15.0. The Kier molecular flexibility index (Phi) is 7.93. The van der Waals surface area contributed by atoms with E-state index in [0.29, 0.717) is 48.9 Å². The average molecular weight is 445 g/mol. The highest BCUT2D eigenvalue weighted by Crippen LogP contribution is 2.37. The van der Waals surface area contributed by atoms with Gasteiger partial charge in [-0.25, -0.2) is 0 Å². The van der Waals surface area contributed by atoms with Crippen LogP contribution in [0.5, 0.6) is 5.75 Å². The second-order valence-corrected chi connectivity index (χ2v) is 8.09. The molecule has 0 bridgehead atoms. The van der Waals surface area contributed by atoms with Crippen LogP contribution >= 0.6 is 11.6 Å². The number of esters is 1. The molecule has 31 heavy (non-hydrogen) atoms. The number of ether oxygens (including phenoxy) is 2. The fourth-order valence-corrected chi connectivity index (χ4v) is 4.22. The molecule has 2 aromatic rings. The summed E-state index contributed by atoms with van der Waals surface area (Å²) in [5.41, 5.74) is 0.937. The van der Waals surface area contributed by atoms with Crippen molar-refractivity contribution >= 4 is 29.2 Å². The summed E-state index contributed by atoms with van der Waals surface area (Å²) < 4.78 is 10.7. The Hall–Kier alpha value is -2.57. The van der Waals surface area contributed by atoms with Crippen molar-refractivity contribution in [2.24, 2.45) is 0 Å². The van der Waals surface area contributed by atoms with Gasteiger partial charge in [0, 0.05) is 18.0 Å². The van der Waals surface area contributed by atoms with Crippen LogP contribution in [0.15, 0.2) is 48.5 Å². The standard InChI is InChI=1S/C24H29ClN2O4/c1-3-31-23(29)24(18-7-5-4-6-8-18)12-15-27(16-13-24)14-11-22(28)26-20-17-19(25)9-10-21(20)30-2/h4-10,17H,3,11-16H2,1-2H3,(H,26,28). The lowest BCUT2D eigenvalue weighted by atomic mass is 9.72. The second-order valence-electron chi connectivity index (χ2n) is 7.65. The molecule has 0 radical (unpaired) electrons. The van der Waals surface area contributed by atoms with Gasteiger partial charge in [-0.3, -0.25) is 9.59 Å². The van der Waals surface area contributed by atoms with E-state index >= 15 is 0 Å². The van der Waals surface area contributed by atoms with Gasteiger partial charge in [0.2, 0.25) is 5.91 Å². The first-order valence-electron chi connectivity index (χ1n) is 10.6. The van der Waals surface area contributed by atoms with Crippen LogP contribution < -0.4 is 10.1 Å². The number of halogens is 1. The number of hydrogen-bond donors (Lipinski definition) is 1. The zero-order valence-electron chi connectivity index (χ0n) is 18.0. The van der Waals surface area contributed by atoms with Crippen molar-refractivity contribution in [1.82, 2.24) is 4.90 Å². The zero-order valence-corrected chi connectivity index (χ0v) is 18.8. The summed E-state index contributed by atoms with van der Waals surface area (Å²) in [5, 5.41) is 3.40. The molecule has 1 amide bonds. The number of likely N-dealkylation sites (tertiary alicyclic amines) is 1. The minimum atomic E-state index is -0.621. The van der Waals surface area contributed by atoms with Crippen LogP contribution in [0, 0.1) is 0 Å². The van der Waals surface area contributed by atoms with Crippen molar-refractivity contribution in [3.8, 4) is 5.75 Å². The van der Waals surface area contributed by atoms with E-state index in [0.717, 1.165) is 18.7 Å². The van der Waals surface area contributed by atoms with Crippen LogP contribution in [0.4, 0.5) is 5.69 Å². The molecule has 0 atom stereocenters. The maximum absolute atomic E-state index is 12.9. The molecule has 166 valence electrons. The van der Waals surface area contributed by atoms with Crippen molar-refractivity contribution in [2.45, 2.75) is 31.6 Å². The minimum absolute atomic E-state index is 0.106. The molecule has 0 aliphatic carbocycles. The number of piperidine rings is 1. The lowest BCUT2D eigenvalue weighted by molar-refractivity contribution is -0.152. The monoisotopic (exact) mass is 444 g/mol. The number of nitrogens with zero attached hydrogens (tertiary/aromatic N) is 1. The molecule has 0 saturated carbocycles. The van der Waals surface area contributed by atoms with Crippen molar-refractivity contribution in [3.63, 3.8) is 0 Å². The van der Waals surface area contributed by atoms with E-state index in [-0.39, 0.29) is 11.9 Å². The summed E-state index contributed by atoms with van der Waals surface area (Å²) in [5.74, 6) is 0.301. The van der Waals surface area contributed by atoms with Crippen LogP contribution in [-0.2, 0) is 19.7 Å². The van der Waals surface area contributed by atoms with Crippen molar-refractivity contribution in [1.29, 1.82) is 0 Å². The molecule has 3 rings (SSSR count). The van der Waals surface area contributed by atoms with E-state index in [1.165, 1.54) is 0 Å². The normalized spacial score (nSPS) is 15.8. The first-order valence-corrected chi connectivity index (χ1v) is 10.9. The third-order valence-corrected chi connectivity index (χ3v) is 6.03. The summed E-state index contributed by atoms with van der Waals surface area (Å²) >= 11 is 6.03. The zero-order chi connectivity index (χ0) is 22.3. The summed E-state index contributed by atoms with van der Waals surface area (Å²) in [6.45, 7) is 4.26. The summed E-state index contributed by atoms with van der Waals surface area (Å²) in [6.07, 6.45) is 1.67. The molecule has 0 unspecified atom stereocenters. The number of benzene rings is 2. The minimum Gasteiger partial charge on any atom is -0.495 e. The molecule has 2 aromatic carbocycles. The van der Waals surface area contributed by atoms with Gasteiger partial charge in [-0.2, -0.15) is 0 Å². The quantitative estimate of drug-likeness (QED) is 0.615. The molecule has 1 aliphatic rings. The topological polar surface area (TPSA) is 67.9 Å². The third-order valence-electron chi connectivity index (χ3n) is 5.79. The highest BCUT2D eigenvalue weighted by Gasteiger charge is 2.44. The number of carbonyl (C=O) groups excluding carboxylic acids is 2. The molecule has 1 N–H and O–H groups in total. The van der Waals surface area contributed by atoms with Crippen molar-refractivity contribution in [2.75, 3.05) is 38.7 Å². The maximum Gasteiger partial charge on any atom is 0.316 e. The highest BCUT2D eigenvalue weighted by atomic mass is 35.5. The van der Waals surface area contributed by atoms with E-state index in [1.807, 2.05) is 37.3 Å². The van der Waals surface area contributed by atoms with Gasteiger partial charge in [-0.15, -0.1) is 0 Å². The first kappa shape index (κ1) is 23.1. The summed E-state index contributed by atoms with van der Waals surface area (Å²) in [6, 6.07) is 15.0. The van der Waals surface area contributed by atoms with E-state index in [9.17, 15) is 9.59 Å². The molecule has 0 spiro atoms. The second kappa shape index (κ2) is 10.6. The summed E-state index contributed by atoms with van der Waals surface area (Å²) in [4.78, 5) is 27.5. The molecule has 6 nitrogen and oxygen atoms in total. The number of rotatable bonds is 8. The predicted octanol–water partition coefficient (Wildman–Crippen LogP) is 4.27. The number of methoxy groups -OCH3 is 1. The number of hydrogen-bond acceptors (Lipinski definition) is 5. The van der Waals surface area contributed by atoms with Gasteiger partial charge in [0.15, 0.2) is 0 Å². The van der Waals surface area contributed by atoms with E-state index in [1.54, 1.807) is 25.3 Å². The number of nitrogens with one attached hydrogen (secondary N) is 1. The van der Waals surface area contributed by atoms with Crippen molar-refractivity contribution in [3.05, 3.63) is 59.1 Å². The SMILES string of the molecule is CCOC(=O)C1(c2ccccc2)CCN(CCC(=O)Nc2cc(Cl)ccc2OC)CC1. The number of amides is 1. The lowest BCUT2D eigenvalue weighted by Gasteiger charge is -2.40. The Morgan fingerprint density at radius 1 is 1.13 bits per heavy atom. The fraction of sp³-hybridized carbons (Fsp3) is 0.417. The van der Waals surface area contributed by atoms with Crippen LogP contribution in [0.25, 0.3) is 0 Å². The van der Waals surface area contributed by atoms with Gasteiger partial charge in [0.1, 0.15) is 5.75 Å². The number of anilines is 1. The Morgan fingerprint density at radius 2 is 1.84 bits per heavy atom. The van der Waals surface area contributed by atoms with E-state index in [4.69, 9.17) is 21.1 Å². The Bertz CT molecular complexity index is 896. The number of carbonyl (C=O) groups is 2. The van der Waals surface area contributed by atoms with Gasteiger partial charge < -0.3 is 19.7 Å². The van der Waals surface area contributed by atoms with Crippen LogP contribution in [0.3, 0.4) is 0 Å². The molecule has 1 fully saturated rings. The van der Waals surface area contributed by atoms with Crippen LogP contribution in [-0.4, -0.2) is 50.1 Å². The van der Waals surface area contributed by atoms with Crippen LogP contribution in [0.2, 0.25) is 5.02 Å². The van der Waals surface area contributed by atoms with E-state index < -0.39 is 5.41 Å². The molecule has 0 aromatic heterocycles. The highest BCUT2D eigenvalue weighted by molar-refractivity contribution is 6.31. The summed E-state index contributed by atoms with van der Waals surface area (Å²) in [7, 11) is 1.55. The molecule has 1 aliphatic heterocycles. The van der Waals surface area contributed by atoms with Gasteiger partial charge >= 0.3 is 5.97 Å². The van der Waals surface area contributed by atoms with Gasteiger partial charge in [0.25, 0.3) is 0 Å². The Morgan fingerprint density at radius 3 is 2.48 bits per heavy atom. The molecule has 1 heterocycles. The van der Waals surface area contributed by atoms with E-state index in [2.05, 4.69) is 10.2 Å². The Balaban J connectivity index is 1.58. The molecule has 7 heteroatoms. The van der Waals surface area contributed by atoms with Gasteiger partial charge in [-0.1, -0.05) is 41.9 Å². The molecular weight excluding hydrogens is 416 g/mol. The van der Waals surface area contributed by atoms with Crippen molar-refractivity contribution < 1.29 is 19.1 Å². The molecular formula is C24H29ClN2O4. The molecule has 1 saturated heterocycles. The smallest absolute Gasteiger partial charge is 0.316 e. The van der Waals surface area contributed by atoms with Gasteiger partial charge in [0.05, 0.1) is 24.8 Å². The largest absolute Gasteiger partial charge is 0.495 e. The lowest BCUT2D eigenvalue weighted by Crippen LogP contribution is -2.48. The van der Waals surface area contributed by atoms with Crippen LogP contribution in [0.1, 0.15) is 31.7 Å². The maximum atomic E-state index is 12.9. The van der Waals surface area contributed by atoms with Gasteiger partial charge in [-0.05, 0) is 56.6 Å².